The van der Waals surface area contributed by atoms with Gasteiger partial charge in [-0.3, -0.25) is 4.79 Å². The molecule has 0 fully saturated rings. The van der Waals surface area contributed by atoms with Crippen molar-refractivity contribution in [3.63, 3.8) is 0 Å². The topological polar surface area (TPSA) is 29.1 Å². The number of carbonyl (C=O) groups excluding carboxylic acids is 1. The van der Waals surface area contributed by atoms with Gasteiger partial charge in [0.25, 0.3) is 0 Å². The van der Waals surface area contributed by atoms with Crippen LogP contribution >= 0.6 is 0 Å². The van der Waals surface area contributed by atoms with Crippen LogP contribution in [0.25, 0.3) is 0 Å². The lowest BCUT2D eigenvalue weighted by Crippen LogP contribution is -2.27. The van der Waals surface area contributed by atoms with E-state index in [4.69, 9.17) is 0 Å². The highest BCUT2D eigenvalue weighted by Gasteiger charge is 2.02. The maximum Gasteiger partial charge on any atom is 0.220 e. The van der Waals surface area contributed by atoms with Crippen molar-refractivity contribution in [1.82, 2.24) is 5.32 Å². The molecule has 1 atom stereocenters. The zero-order valence-electron chi connectivity index (χ0n) is 8.23. The van der Waals surface area contributed by atoms with Gasteiger partial charge in [0.1, 0.15) is 0 Å². The molecular weight excluding hydrogens is 150 g/mol. The molecule has 71 valence electrons. The van der Waals surface area contributed by atoms with Gasteiger partial charge in [-0.1, -0.05) is 33.6 Å². The zero-order chi connectivity index (χ0) is 9.40. The highest BCUT2D eigenvalue weighted by Crippen LogP contribution is 1.98. The second-order valence-electron chi connectivity index (χ2n) is 3.27. The summed E-state index contributed by atoms with van der Waals surface area (Å²) in [4.78, 5) is 11.1. The molecule has 0 aromatic heterocycles. The van der Waals surface area contributed by atoms with Crippen LogP contribution in [-0.4, -0.2) is 12.5 Å². The Hall–Kier alpha value is -0.530. The largest absolute Gasteiger partial charge is 0.356 e. The fourth-order valence-corrected chi connectivity index (χ4v) is 0.806. The molecule has 2 heteroatoms. The van der Waals surface area contributed by atoms with Gasteiger partial charge in [0, 0.05) is 13.0 Å². The number of carbonyl (C=O) groups is 1. The standard InChI is InChI=1S/C10H20NO/c1-4-6-7-10(12)11-8-9(3)5-2/h9H,1,4-8H2,2-3H3,(H,11,12)/t9-/m1/s1. The molecule has 0 rings (SSSR count). The van der Waals surface area contributed by atoms with E-state index < -0.39 is 0 Å². The van der Waals surface area contributed by atoms with E-state index in [0.29, 0.717) is 12.3 Å². The summed E-state index contributed by atoms with van der Waals surface area (Å²) in [6.45, 7) is 8.77. The van der Waals surface area contributed by atoms with Gasteiger partial charge in [0.15, 0.2) is 0 Å². The Morgan fingerprint density at radius 3 is 2.75 bits per heavy atom. The zero-order valence-corrected chi connectivity index (χ0v) is 8.23. The second-order valence-corrected chi connectivity index (χ2v) is 3.27. The van der Waals surface area contributed by atoms with Gasteiger partial charge >= 0.3 is 0 Å². The van der Waals surface area contributed by atoms with Gasteiger partial charge in [-0.05, 0) is 12.3 Å². The Labute approximate surface area is 75.7 Å². The highest BCUT2D eigenvalue weighted by atomic mass is 16.1. The van der Waals surface area contributed by atoms with E-state index in [2.05, 4.69) is 26.1 Å². The van der Waals surface area contributed by atoms with Crippen molar-refractivity contribution in [2.75, 3.05) is 6.54 Å². The van der Waals surface area contributed by atoms with Crippen molar-refractivity contribution in [3.05, 3.63) is 6.92 Å². The van der Waals surface area contributed by atoms with Crippen LogP contribution in [0.4, 0.5) is 0 Å². The van der Waals surface area contributed by atoms with E-state index in [1.807, 2.05) is 0 Å². The summed E-state index contributed by atoms with van der Waals surface area (Å²) in [5.74, 6) is 0.757. The molecule has 0 saturated heterocycles. The van der Waals surface area contributed by atoms with Gasteiger partial charge in [-0.2, -0.15) is 0 Å². The first kappa shape index (κ1) is 11.5. The molecule has 0 unspecified atom stereocenters. The molecule has 0 heterocycles. The lowest BCUT2D eigenvalue weighted by molar-refractivity contribution is -0.121. The monoisotopic (exact) mass is 170 g/mol. The van der Waals surface area contributed by atoms with Gasteiger partial charge in [-0.15, -0.1) is 0 Å². The minimum atomic E-state index is 0.166. The van der Waals surface area contributed by atoms with Crippen LogP contribution in [-0.2, 0) is 4.79 Å². The Morgan fingerprint density at radius 1 is 1.58 bits per heavy atom. The third kappa shape index (κ3) is 6.20. The summed E-state index contributed by atoms with van der Waals surface area (Å²) in [6, 6.07) is 0. The minimum absolute atomic E-state index is 0.166. The van der Waals surface area contributed by atoms with Crippen LogP contribution in [0.2, 0.25) is 0 Å². The van der Waals surface area contributed by atoms with E-state index in [1.165, 1.54) is 0 Å². The summed E-state index contributed by atoms with van der Waals surface area (Å²) in [5, 5.41) is 2.90. The Morgan fingerprint density at radius 2 is 2.25 bits per heavy atom. The molecule has 1 N–H and O–H groups in total. The van der Waals surface area contributed by atoms with Crippen molar-refractivity contribution in [3.8, 4) is 0 Å². The number of hydrogen-bond acceptors (Lipinski definition) is 1. The van der Waals surface area contributed by atoms with E-state index in [0.717, 1.165) is 25.8 Å². The molecule has 0 spiro atoms. The number of unbranched alkanes of at least 4 members (excludes halogenated alkanes) is 1. The van der Waals surface area contributed by atoms with E-state index in [-0.39, 0.29) is 5.91 Å². The average Bonchev–Trinajstić information content (AvgIpc) is 2.10. The first-order valence-electron chi connectivity index (χ1n) is 4.76. The molecule has 1 radical (unpaired) electrons. The maximum atomic E-state index is 11.1. The van der Waals surface area contributed by atoms with Crippen LogP contribution in [0.1, 0.15) is 39.5 Å². The second kappa shape index (κ2) is 7.14. The summed E-state index contributed by atoms with van der Waals surface area (Å²) >= 11 is 0. The normalized spacial score (nSPS) is 12.6. The molecule has 0 saturated carbocycles. The highest BCUT2D eigenvalue weighted by molar-refractivity contribution is 5.75. The van der Waals surface area contributed by atoms with Gasteiger partial charge in [0.05, 0.1) is 0 Å². The Kier molecular flexibility index (Phi) is 6.82. The molecule has 0 aliphatic carbocycles. The molecule has 0 aromatic rings. The number of rotatable bonds is 6. The lowest BCUT2D eigenvalue weighted by atomic mass is 10.1. The van der Waals surface area contributed by atoms with Crippen molar-refractivity contribution in [2.45, 2.75) is 39.5 Å². The van der Waals surface area contributed by atoms with Crippen LogP contribution in [0.5, 0.6) is 0 Å². The van der Waals surface area contributed by atoms with Crippen molar-refractivity contribution >= 4 is 5.91 Å². The predicted molar refractivity (Wildman–Crippen MR) is 51.7 cm³/mol. The Bertz CT molecular complexity index is 123. The van der Waals surface area contributed by atoms with Crippen LogP contribution in [0.15, 0.2) is 0 Å². The van der Waals surface area contributed by atoms with Gasteiger partial charge < -0.3 is 5.32 Å². The fourth-order valence-electron chi connectivity index (χ4n) is 0.806. The quantitative estimate of drug-likeness (QED) is 0.650. The summed E-state index contributed by atoms with van der Waals surface area (Å²) in [6.07, 6.45) is 3.48. The van der Waals surface area contributed by atoms with Crippen LogP contribution < -0.4 is 5.32 Å². The van der Waals surface area contributed by atoms with Crippen molar-refractivity contribution in [1.29, 1.82) is 0 Å². The third-order valence-electron chi connectivity index (χ3n) is 2.00. The van der Waals surface area contributed by atoms with Crippen molar-refractivity contribution < 1.29 is 4.79 Å². The van der Waals surface area contributed by atoms with Crippen LogP contribution in [0.3, 0.4) is 0 Å². The van der Waals surface area contributed by atoms with Crippen LogP contribution in [0, 0.1) is 12.8 Å². The molecule has 0 aliphatic heterocycles. The number of nitrogens with one attached hydrogen (secondary N) is 1. The first-order chi connectivity index (χ1) is 5.70. The van der Waals surface area contributed by atoms with E-state index >= 15 is 0 Å². The lowest BCUT2D eigenvalue weighted by Gasteiger charge is -2.09. The molecular formula is C10H20NO. The summed E-state index contributed by atoms with van der Waals surface area (Å²) in [5.41, 5.74) is 0. The fraction of sp³-hybridized carbons (Fsp3) is 0.800. The molecule has 0 bridgehead atoms. The number of amides is 1. The maximum absolute atomic E-state index is 11.1. The SMILES string of the molecule is [CH2]CCCC(=O)NC[C@H](C)CC. The van der Waals surface area contributed by atoms with E-state index in [9.17, 15) is 4.79 Å². The van der Waals surface area contributed by atoms with Gasteiger partial charge in [-0.25, -0.2) is 0 Å². The summed E-state index contributed by atoms with van der Waals surface area (Å²) < 4.78 is 0. The van der Waals surface area contributed by atoms with Crippen molar-refractivity contribution in [2.24, 2.45) is 5.92 Å². The molecule has 0 aromatic carbocycles. The van der Waals surface area contributed by atoms with Gasteiger partial charge in [0.2, 0.25) is 5.91 Å². The smallest absolute Gasteiger partial charge is 0.220 e. The molecule has 0 aliphatic rings. The number of hydrogen-bond donors (Lipinski definition) is 1. The first-order valence-corrected chi connectivity index (χ1v) is 4.76. The third-order valence-corrected chi connectivity index (χ3v) is 2.00. The van der Waals surface area contributed by atoms with E-state index in [1.54, 1.807) is 0 Å². The molecule has 2 nitrogen and oxygen atoms in total. The average molecular weight is 170 g/mol. The minimum Gasteiger partial charge on any atom is -0.356 e. The Balaban J connectivity index is 3.31. The molecule has 1 amide bonds. The predicted octanol–water partition coefficient (Wildman–Crippen LogP) is 2.15. The molecule has 12 heavy (non-hydrogen) atoms. The summed E-state index contributed by atoms with van der Waals surface area (Å²) in [7, 11) is 0.